The van der Waals surface area contributed by atoms with Crippen molar-refractivity contribution in [2.75, 3.05) is 0 Å². The Hall–Kier alpha value is -1.09. The van der Waals surface area contributed by atoms with Crippen LogP contribution >= 0.6 is 11.3 Å². The molecule has 0 bridgehead atoms. The van der Waals surface area contributed by atoms with Crippen LogP contribution in [0, 0.1) is 0 Å². The Morgan fingerprint density at radius 3 is 3.38 bits per heavy atom. The molecule has 0 radical (unpaired) electrons. The Morgan fingerprint density at radius 1 is 1.38 bits per heavy atom. The zero-order valence-electron chi connectivity index (χ0n) is 7.12. The Kier molecular flexibility index (Phi) is 1.52. The van der Waals surface area contributed by atoms with Crippen molar-refractivity contribution in [3.63, 3.8) is 0 Å². The summed E-state index contributed by atoms with van der Waals surface area (Å²) in [5.41, 5.74) is 2.52. The molecule has 0 atom stereocenters. The summed E-state index contributed by atoms with van der Waals surface area (Å²) in [7, 11) is 0. The Morgan fingerprint density at radius 2 is 2.38 bits per heavy atom. The van der Waals surface area contributed by atoms with E-state index in [1.807, 2.05) is 17.5 Å². The van der Waals surface area contributed by atoms with Gasteiger partial charge in [-0.25, -0.2) is 0 Å². The van der Waals surface area contributed by atoms with Gasteiger partial charge in [-0.1, -0.05) is 5.16 Å². The summed E-state index contributed by atoms with van der Waals surface area (Å²) < 4.78 is 5.28. The Balaban J connectivity index is 2.27. The minimum atomic E-state index is 0.994. The van der Waals surface area contributed by atoms with Crippen LogP contribution in [0.4, 0.5) is 0 Å². The quantitative estimate of drug-likeness (QED) is 0.640. The number of aryl methyl sites for hydroxylation is 2. The minimum absolute atomic E-state index is 0.994. The molecule has 66 valence electrons. The van der Waals surface area contributed by atoms with E-state index in [2.05, 4.69) is 16.6 Å². The predicted octanol–water partition coefficient (Wildman–Crippen LogP) is 2.89. The topological polar surface area (TPSA) is 26.0 Å². The highest BCUT2D eigenvalue weighted by Gasteiger charge is 2.18. The van der Waals surface area contributed by atoms with Gasteiger partial charge in [0, 0.05) is 16.0 Å². The van der Waals surface area contributed by atoms with Crippen LogP contribution in [0.3, 0.4) is 0 Å². The number of aromatic nitrogens is 1. The second kappa shape index (κ2) is 2.70. The molecule has 0 aromatic carbocycles. The van der Waals surface area contributed by atoms with E-state index >= 15 is 0 Å². The fraction of sp³-hybridized carbons (Fsp3) is 0.300. The molecule has 0 saturated heterocycles. The first kappa shape index (κ1) is 7.33. The van der Waals surface area contributed by atoms with E-state index in [0.717, 1.165) is 12.2 Å². The average molecular weight is 191 g/mol. The van der Waals surface area contributed by atoms with Crippen LogP contribution in [0.2, 0.25) is 0 Å². The molecule has 2 aromatic heterocycles. The molecule has 0 aliphatic heterocycles. The third-order valence-electron chi connectivity index (χ3n) is 2.48. The van der Waals surface area contributed by atoms with Gasteiger partial charge in [-0.15, -0.1) is 11.3 Å². The Bertz CT molecular complexity index is 389. The van der Waals surface area contributed by atoms with Gasteiger partial charge in [0.2, 0.25) is 0 Å². The van der Waals surface area contributed by atoms with Gasteiger partial charge in [-0.2, -0.15) is 0 Å². The molecule has 1 aliphatic rings. The lowest BCUT2D eigenvalue weighted by molar-refractivity contribution is 0.432. The number of hydrogen-bond acceptors (Lipinski definition) is 3. The normalized spacial score (nSPS) is 14.8. The Labute approximate surface area is 80.2 Å². The summed E-state index contributed by atoms with van der Waals surface area (Å²) in [5, 5.41) is 5.98. The first-order valence-corrected chi connectivity index (χ1v) is 5.33. The van der Waals surface area contributed by atoms with Crippen LogP contribution in [-0.2, 0) is 12.8 Å². The zero-order chi connectivity index (χ0) is 8.67. The molecule has 0 amide bonds. The van der Waals surface area contributed by atoms with Crippen LogP contribution in [0.1, 0.15) is 16.9 Å². The summed E-state index contributed by atoms with van der Waals surface area (Å²) in [6.07, 6.45) is 5.33. The van der Waals surface area contributed by atoms with Crippen LogP contribution in [0.5, 0.6) is 0 Å². The fourth-order valence-electron chi connectivity index (χ4n) is 1.84. The van der Waals surface area contributed by atoms with Crippen LogP contribution in [-0.4, -0.2) is 5.16 Å². The van der Waals surface area contributed by atoms with E-state index in [9.17, 15) is 0 Å². The van der Waals surface area contributed by atoms with E-state index in [4.69, 9.17) is 4.52 Å². The minimum Gasteiger partial charge on any atom is -0.356 e. The maximum Gasteiger partial charge on any atom is 0.171 e. The molecule has 3 heteroatoms. The lowest BCUT2D eigenvalue weighted by Gasteiger charge is -1.93. The third kappa shape index (κ3) is 1.04. The molecule has 13 heavy (non-hydrogen) atoms. The summed E-state index contributed by atoms with van der Waals surface area (Å²) in [5.74, 6) is 0.994. The molecule has 1 aliphatic carbocycles. The third-order valence-corrected chi connectivity index (χ3v) is 3.46. The average Bonchev–Trinajstić information content (AvgIpc) is 2.72. The van der Waals surface area contributed by atoms with E-state index in [1.54, 1.807) is 0 Å². The van der Waals surface area contributed by atoms with Crippen molar-refractivity contribution in [2.24, 2.45) is 0 Å². The van der Waals surface area contributed by atoms with Gasteiger partial charge in [0.15, 0.2) is 5.76 Å². The monoisotopic (exact) mass is 191 g/mol. The van der Waals surface area contributed by atoms with Gasteiger partial charge in [0.05, 0.1) is 6.20 Å². The molecule has 0 unspecified atom stereocenters. The lowest BCUT2D eigenvalue weighted by Crippen LogP contribution is -1.81. The molecule has 2 aromatic rings. The van der Waals surface area contributed by atoms with Crippen molar-refractivity contribution in [1.29, 1.82) is 0 Å². The summed E-state index contributed by atoms with van der Waals surface area (Å²) >= 11 is 1.82. The number of hydrogen-bond donors (Lipinski definition) is 0. The molecule has 0 saturated carbocycles. The second-order valence-corrected chi connectivity index (χ2v) is 4.29. The molecule has 0 spiro atoms. The van der Waals surface area contributed by atoms with E-state index in [0.29, 0.717) is 0 Å². The zero-order valence-corrected chi connectivity index (χ0v) is 7.93. The van der Waals surface area contributed by atoms with Crippen molar-refractivity contribution >= 4 is 11.3 Å². The molecular weight excluding hydrogens is 182 g/mol. The van der Waals surface area contributed by atoms with Crippen LogP contribution < -0.4 is 0 Å². The molecule has 2 nitrogen and oxygen atoms in total. The van der Waals surface area contributed by atoms with Crippen molar-refractivity contribution in [3.8, 4) is 11.3 Å². The first-order valence-electron chi connectivity index (χ1n) is 4.45. The SMILES string of the molecule is c1cc2c(s1)CCCc1cnoc1-2. The lowest BCUT2D eigenvalue weighted by atomic mass is 10.1. The van der Waals surface area contributed by atoms with Crippen LogP contribution in [0.25, 0.3) is 11.3 Å². The maximum atomic E-state index is 5.28. The smallest absolute Gasteiger partial charge is 0.171 e. The van der Waals surface area contributed by atoms with Gasteiger partial charge in [0.1, 0.15) is 0 Å². The van der Waals surface area contributed by atoms with E-state index in [-0.39, 0.29) is 0 Å². The van der Waals surface area contributed by atoms with Gasteiger partial charge in [-0.05, 0) is 30.7 Å². The molecule has 0 fully saturated rings. The van der Waals surface area contributed by atoms with Crippen LogP contribution in [0.15, 0.2) is 22.2 Å². The molecule has 2 heterocycles. The summed E-state index contributed by atoms with van der Waals surface area (Å²) in [6.45, 7) is 0. The van der Waals surface area contributed by atoms with Crippen molar-refractivity contribution in [2.45, 2.75) is 19.3 Å². The largest absolute Gasteiger partial charge is 0.356 e. The second-order valence-electron chi connectivity index (χ2n) is 3.29. The van der Waals surface area contributed by atoms with E-state index in [1.165, 1.54) is 28.8 Å². The maximum absolute atomic E-state index is 5.28. The van der Waals surface area contributed by atoms with Gasteiger partial charge in [0.25, 0.3) is 0 Å². The number of fused-ring (bicyclic) bond motifs is 3. The van der Waals surface area contributed by atoms with Crippen molar-refractivity contribution in [3.05, 3.63) is 28.1 Å². The molecule has 3 rings (SSSR count). The highest BCUT2D eigenvalue weighted by Crippen LogP contribution is 2.35. The van der Waals surface area contributed by atoms with Gasteiger partial charge >= 0.3 is 0 Å². The van der Waals surface area contributed by atoms with E-state index < -0.39 is 0 Å². The van der Waals surface area contributed by atoms with Crippen molar-refractivity contribution in [1.82, 2.24) is 5.16 Å². The number of rotatable bonds is 0. The number of thiophene rings is 1. The van der Waals surface area contributed by atoms with Gasteiger partial charge < -0.3 is 4.52 Å². The summed E-state index contributed by atoms with van der Waals surface area (Å²) in [4.78, 5) is 1.44. The standard InChI is InChI=1S/C10H9NOS/c1-2-7-6-11-12-10(7)8-4-5-13-9(8)3-1/h4-6H,1-3H2. The molecule has 0 N–H and O–H groups in total. The predicted molar refractivity (Wildman–Crippen MR) is 51.8 cm³/mol. The molecular formula is C10H9NOS. The van der Waals surface area contributed by atoms with Crippen molar-refractivity contribution < 1.29 is 4.52 Å². The summed E-state index contributed by atoms with van der Waals surface area (Å²) in [6, 6.07) is 2.13. The number of nitrogens with zero attached hydrogens (tertiary/aromatic N) is 1. The fourth-order valence-corrected chi connectivity index (χ4v) is 2.75. The highest BCUT2D eigenvalue weighted by atomic mass is 32.1. The first-order chi connectivity index (χ1) is 6.45. The van der Waals surface area contributed by atoms with Gasteiger partial charge in [-0.3, -0.25) is 0 Å². The highest BCUT2D eigenvalue weighted by molar-refractivity contribution is 7.10.